The highest BCUT2D eigenvalue weighted by Crippen LogP contribution is 2.22. The van der Waals surface area contributed by atoms with Gasteiger partial charge in [-0.25, -0.2) is 4.98 Å². The highest BCUT2D eigenvalue weighted by Gasteiger charge is 2.13. The van der Waals surface area contributed by atoms with Gasteiger partial charge in [0, 0.05) is 36.1 Å². The number of nitro groups is 1. The van der Waals surface area contributed by atoms with E-state index in [1.807, 2.05) is 13.0 Å². The Balaban J connectivity index is 2.11. The molecule has 6 nitrogen and oxygen atoms in total. The summed E-state index contributed by atoms with van der Waals surface area (Å²) in [7, 11) is 0. The van der Waals surface area contributed by atoms with E-state index in [1.54, 1.807) is 13.0 Å². The average Bonchev–Trinajstić information content (AvgIpc) is 2.85. The molecule has 0 saturated carbocycles. The van der Waals surface area contributed by atoms with Gasteiger partial charge in [0.2, 0.25) is 5.13 Å². The Morgan fingerprint density at radius 3 is 2.89 bits per heavy atom. The Morgan fingerprint density at radius 1 is 1.47 bits per heavy atom. The van der Waals surface area contributed by atoms with Crippen molar-refractivity contribution in [1.82, 2.24) is 9.36 Å². The Morgan fingerprint density at radius 2 is 2.26 bits per heavy atom. The first-order valence-corrected chi connectivity index (χ1v) is 6.68. The molecule has 0 aliphatic carbocycles. The van der Waals surface area contributed by atoms with Crippen LogP contribution in [-0.4, -0.2) is 14.3 Å². The summed E-state index contributed by atoms with van der Waals surface area (Å²) in [5, 5.41) is 14.7. The predicted molar refractivity (Wildman–Crippen MR) is 74.4 cm³/mol. The zero-order valence-corrected chi connectivity index (χ0v) is 11.5. The minimum atomic E-state index is -0.362. The maximum atomic E-state index is 10.9. The number of nitrogens with one attached hydrogen (secondary N) is 1. The van der Waals surface area contributed by atoms with Gasteiger partial charge in [0.25, 0.3) is 5.69 Å². The molecule has 0 saturated heterocycles. The Hall–Kier alpha value is -2.02. The van der Waals surface area contributed by atoms with E-state index in [0.717, 1.165) is 22.9 Å². The summed E-state index contributed by atoms with van der Waals surface area (Å²) < 4.78 is 4.17. The van der Waals surface area contributed by atoms with Gasteiger partial charge in [-0.1, -0.05) is 19.1 Å². The minimum absolute atomic E-state index is 0.144. The van der Waals surface area contributed by atoms with Crippen molar-refractivity contribution in [2.45, 2.75) is 26.8 Å². The Labute approximate surface area is 114 Å². The third kappa shape index (κ3) is 3.05. The van der Waals surface area contributed by atoms with Crippen LogP contribution in [0.5, 0.6) is 0 Å². The molecule has 1 aromatic carbocycles. The molecule has 1 N–H and O–H groups in total. The van der Waals surface area contributed by atoms with E-state index in [9.17, 15) is 10.1 Å². The van der Waals surface area contributed by atoms with E-state index >= 15 is 0 Å². The van der Waals surface area contributed by atoms with Crippen molar-refractivity contribution in [2.24, 2.45) is 0 Å². The fraction of sp³-hybridized carbons (Fsp3) is 0.333. The second kappa shape index (κ2) is 5.75. The molecule has 0 amide bonds. The monoisotopic (exact) mass is 278 g/mol. The van der Waals surface area contributed by atoms with E-state index in [-0.39, 0.29) is 10.6 Å². The molecular weight excluding hydrogens is 264 g/mol. The molecule has 1 heterocycles. The third-order valence-electron chi connectivity index (χ3n) is 2.83. The standard InChI is InChI=1S/C12H14N4O2S/c1-3-11-14-12(19-15-11)13-7-9-5-4-6-10(8(9)2)16(17)18/h4-6H,3,7H2,1-2H3,(H,13,14,15). The van der Waals surface area contributed by atoms with Crippen molar-refractivity contribution in [1.29, 1.82) is 0 Å². The molecule has 7 heteroatoms. The van der Waals surface area contributed by atoms with Crippen LogP contribution in [0.1, 0.15) is 23.9 Å². The van der Waals surface area contributed by atoms with Crippen LogP contribution >= 0.6 is 11.5 Å². The molecule has 0 aliphatic heterocycles. The molecule has 0 atom stereocenters. The number of benzene rings is 1. The summed E-state index contributed by atoms with van der Waals surface area (Å²) in [6.45, 7) is 4.26. The maximum absolute atomic E-state index is 10.9. The number of nitro benzene ring substituents is 1. The van der Waals surface area contributed by atoms with E-state index < -0.39 is 0 Å². The van der Waals surface area contributed by atoms with Crippen molar-refractivity contribution < 1.29 is 4.92 Å². The van der Waals surface area contributed by atoms with Gasteiger partial charge in [0.05, 0.1) is 4.92 Å². The van der Waals surface area contributed by atoms with Crippen LogP contribution in [0, 0.1) is 17.0 Å². The lowest BCUT2D eigenvalue weighted by Crippen LogP contribution is -2.03. The van der Waals surface area contributed by atoms with Crippen molar-refractivity contribution in [3.8, 4) is 0 Å². The molecule has 0 aliphatic rings. The van der Waals surface area contributed by atoms with Gasteiger partial charge in [-0.3, -0.25) is 10.1 Å². The summed E-state index contributed by atoms with van der Waals surface area (Å²) in [4.78, 5) is 14.8. The normalized spacial score (nSPS) is 10.4. The largest absolute Gasteiger partial charge is 0.356 e. The SMILES string of the molecule is CCc1nsc(NCc2cccc([N+](=O)[O-])c2C)n1. The molecular formula is C12H14N4O2S. The summed E-state index contributed by atoms with van der Waals surface area (Å²) in [5.74, 6) is 0.809. The lowest BCUT2D eigenvalue weighted by Gasteiger charge is -2.06. The number of hydrogen-bond donors (Lipinski definition) is 1. The van der Waals surface area contributed by atoms with Crippen molar-refractivity contribution in [2.75, 3.05) is 5.32 Å². The lowest BCUT2D eigenvalue weighted by molar-refractivity contribution is -0.385. The summed E-state index contributed by atoms with van der Waals surface area (Å²) in [6, 6.07) is 5.08. The molecule has 0 radical (unpaired) electrons. The van der Waals surface area contributed by atoms with Gasteiger partial charge in [0.15, 0.2) is 0 Å². The zero-order valence-electron chi connectivity index (χ0n) is 10.7. The Kier molecular flexibility index (Phi) is 4.06. The van der Waals surface area contributed by atoms with Crippen LogP contribution in [0.15, 0.2) is 18.2 Å². The third-order valence-corrected chi connectivity index (χ3v) is 3.54. The van der Waals surface area contributed by atoms with Gasteiger partial charge < -0.3 is 5.32 Å². The molecule has 2 rings (SSSR count). The average molecular weight is 278 g/mol. The van der Waals surface area contributed by atoms with Crippen LogP contribution in [0.4, 0.5) is 10.8 Å². The number of nitrogens with zero attached hydrogens (tertiary/aromatic N) is 3. The van der Waals surface area contributed by atoms with Crippen LogP contribution in [0.3, 0.4) is 0 Å². The number of aromatic nitrogens is 2. The van der Waals surface area contributed by atoms with E-state index in [2.05, 4.69) is 14.7 Å². The smallest absolute Gasteiger partial charge is 0.272 e. The van der Waals surface area contributed by atoms with Crippen LogP contribution < -0.4 is 5.32 Å². The predicted octanol–water partition coefficient (Wildman–Crippen LogP) is 2.93. The summed E-state index contributed by atoms with van der Waals surface area (Å²) in [6.07, 6.45) is 0.800. The number of anilines is 1. The van der Waals surface area contributed by atoms with Gasteiger partial charge in [0.1, 0.15) is 5.82 Å². The van der Waals surface area contributed by atoms with Crippen LogP contribution in [0.2, 0.25) is 0 Å². The minimum Gasteiger partial charge on any atom is -0.356 e. The summed E-state index contributed by atoms with van der Waals surface area (Å²) >= 11 is 1.30. The zero-order chi connectivity index (χ0) is 13.8. The molecule has 1 aromatic heterocycles. The second-order valence-corrected chi connectivity index (χ2v) is 4.79. The first kappa shape index (κ1) is 13.4. The van der Waals surface area contributed by atoms with Crippen LogP contribution in [0.25, 0.3) is 0 Å². The van der Waals surface area contributed by atoms with Gasteiger partial charge in [-0.15, -0.1) is 0 Å². The molecule has 100 valence electrons. The van der Waals surface area contributed by atoms with E-state index in [0.29, 0.717) is 12.1 Å². The first-order valence-electron chi connectivity index (χ1n) is 5.91. The van der Waals surface area contributed by atoms with E-state index in [1.165, 1.54) is 17.6 Å². The fourth-order valence-corrected chi connectivity index (χ4v) is 2.34. The van der Waals surface area contributed by atoms with Crippen molar-refractivity contribution in [3.05, 3.63) is 45.3 Å². The second-order valence-electron chi connectivity index (χ2n) is 4.04. The number of rotatable bonds is 5. The maximum Gasteiger partial charge on any atom is 0.272 e. The molecule has 2 aromatic rings. The molecule has 0 spiro atoms. The van der Waals surface area contributed by atoms with Crippen molar-refractivity contribution in [3.63, 3.8) is 0 Å². The highest BCUT2D eigenvalue weighted by atomic mass is 32.1. The number of hydrogen-bond acceptors (Lipinski definition) is 6. The lowest BCUT2D eigenvalue weighted by atomic mass is 10.1. The molecule has 19 heavy (non-hydrogen) atoms. The Bertz CT molecular complexity index is 597. The topological polar surface area (TPSA) is 81.0 Å². The van der Waals surface area contributed by atoms with E-state index in [4.69, 9.17) is 0 Å². The summed E-state index contributed by atoms with van der Waals surface area (Å²) in [5.41, 5.74) is 1.72. The number of aryl methyl sites for hydroxylation is 1. The quantitative estimate of drug-likeness (QED) is 0.671. The van der Waals surface area contributed by atoms with Crippen LogP contribution in [-0.2, 0) is 13.0 Å². The molecule has 0 unspecified atom stereocenters. The van der Waals surface area contributed by atoms with Crippen molar-refractivity contribution >= 4 is 22.4 Å². The molecule has 0 bridgehead atoms. The van der Waals surface area contributed by atoms with Gasteiger partial charge in [-0.2, -0.15) is 4.37 Å². The fourth-order valence-electron chi connectivity index (χ4n) is 1.70. The molecule has 0 fully saturated rings. The first-order chi connectivity index (χ1) is 9.11. The van der Waals surface area contributed by atoms with Gasteiger partial charge >= 0.3 is 0 Å². The van der Waals surface area contributed by atoms with Gasteiger partial charge in [-0.05, 0) is 12.5 Å². The highest BCUT2D eigenvalue weighted by molar-refractivity contribution is 7.09.